The van der Waals surface area contributed by atoms with Crippen LogP contribution in [0.2, 0.25) is 0 Å². The maximum atomic E-state index is 4.60. The van der Waals surface area contributed by atoms with Crippen LogP contribution in [0.3, 0.4) is 0 Å². The third-order valence-corrected chi connectivity index (χ3v) is 5.91. The molecule has 0 N–H and O–H groups in total. The van der Waals surface area contributed by atoms with Crippen molar-refractivity contribution in [2.45, 2.75) is 42.6 Å². The molecule has 2 fully saturated rings. The molecule has 2 aliphatic heterocycles. The van der Waals surface area contributed by atoms with Crippen LogP contribution in [0.25, 0.3) is 10.9 Å². The normalized spacial score (nSPS) is 31.2. The van der Waals surface area contributed by atoms with Gasteiger partial charge in [-0.1, -0.05) is 28.1 Å². The zero-order chi connectivity index (χ0) is 12.1. The van der Waals surface area contributed by atoms with Crippen LogP contribution in [-0.4, -0.2) is 21.3 Å². The van der Waals surface area contributed by atoms with E-state index in [1.165, 1.54) is 36.1 Å². The molecule has 2 nitrogen and oxygen atoms in total. The second kappa shape index (κ2) is 4.20. The highest BCUT2D eigenvalue weighted by atomic mass is 79.9. The standard InChI is InChI=1S/C14H15BrN2S/c15-9-7-10-5-6-11(8-9)17(10)14-12-3-1-2-4-13(12)16-18-14/h1-4,9-11H,5-8H2. The van der Waals surface area contributed by atoms with Crippen molar-refractivity contribution in [3.05, 3.63) is 24.3 Å². The number of anilines is 1. The maximum absolute atomic E-state index is 4.60. The lowest BCUT2D eigenvalue weighted by atomic mass is 10.0. The predicted octanol–water partition coefficient (Wildman–Crippen LogP) is 4.19. The molecule has 2 aliphatic rings. The SMILES string of the molecule is BrC1CC2CCC(C1)N2c1snc2ccccc12. The summed E-state index contributed by atoms with van der Waals surface area (Å²) in [5.41, 5.74) is 1.15. The number of rotatable bonds is 1. The number of benzene rings is 1. The minimum absolute atomic E-state index is 0.713. The molecular formula is C14H15BrN2S. The fourth-order valence-electron chi connectivity index (χ4n) is 3.50. The summed E-state index contributed by atoms with van der Waals surface area (Å²) in [7, 11) is 0. The van der Waals surface area contributed by atoms with Crippen molar-refractivity contribution >= 4 is 43.4 Å². The molecule has 0 amide bonds. The molecular weight excluding hydrogens is 308 g/mol. The van der Waals surface area contributed by atoms with Gasteiger partial charge in [-0.25, -0.2) is 0 Å². The summed E-state index contributed by atoms with van der Waals surface area (Å²) >= 11 is 5.49. The van der Waals surface area contributed by atoms with Crippen LogP contribution >= 0.6 is 27.5 Å². The van der Waals surface area contributed by atoms with Gasteiger partial charge >= 0.3 is 0 Å². The number of piperidine rings is 1. The average Bonchev–Trinajstić information content (AvgIpc) is 2.89. The summed E-state index contributed by atoms with van der Waals surface area (Å²) in [5, 5.41) is 2.74. The third kappa shape index (κ3) is 1.62. The van der Waals surface area contributed by atoms with Gasteiger partial charge in [0.2, 0.25) is 0 Å². The fraction of sp³-hybridized carbons (Fsp3) is 0.500. The summed E-state index contributed by atoms with van der Waals surface area (Å²) in [6.07, 6.45) is 5.25. The molecule has 1 aromatic carbocycles. The Labute approximate surface area is 119 Å². The van der Waals surface area contributed by atoms with E-state index in [0.717, 1.165) is 17.6 Å². The van der Waals surface area contributed by atoms with E-state index in [-0.39, 0.29) is 0 Å². The van der Waals surface area contributed by atoms with Crippen LogP contribution in [0.15, 0.2) is 24.3 Å². The van der Waals surface area contributed by atoms with Crippen LogP contribution in [0.4, 0.5) is 5.00 Å². The summed E-state index contributed by atoms with van der Waals surface area (Å²) < 4.78 is 4.60. The van der Waals surface area contributed by atoms with Crippen LogP contribution in [-0.2, 0) is 0 Å². The van der Waals surface area contributed by atoms with E-state index in [2.05, 4.69) is 49.5 Å². The van der Waals surface area contributed by atoms with Crippen molar-refractivity contribution < 1.29 is 0 Å². The quantitative estimate of drug-likeness (QED) is 0.732. The first-order valence-corrected chi connectivity index (χ1v) is 8.28. The summed E-state index contributed by atoms with van der Waals surface area (Å²) in [4.78, 5) is 3.38. The monoisotopic (exact) mass is 322 g/mol. The molecule has 94 valence electrons. The Morgan fingerprint density at radius 3 is 2.67 bits per heavy atom. The van der Waals surface area contributed by atoms with Crippen LogP contribution in [0.1, 0.15) is 25.7 Å². The number of halogens is 1. The van der Waals surface area contributed by atoms with E-state index in [9.17, 15) is 0 Å². The Bertz CT molecular complexity index is 568. The Morgan fingerprint density at radius 2 is 1.89 bits per heavy atom. The van der Waals surface area contributed by atoms with Gasteiger partial charge in [0.1, 0.15) is 5.00 Å². The highest BCUT2D eigenvalue weighted by Crippen LogP contribution is 2.45. The van der Waals surface area contributed by atoms with E-state index in [1.807, 2.05) is 0 Å². The zero-order valence-corrected chi connectivity index (χ0v) is 12.5. The van der Waals surface area contributed by atoms with Crippen molar-refractivity contribution in [3.63, 3.8) is 0 Å². The minimum atomic E-state index is 0.713. The molecule has 4 heteroatoms. The van der Waals surface area contributed by atoms with Crippen molar-refractivity contribution in [1.82, 2.24) is 4.37 Å². The molecule has 0 aliphatic carbocycles. The van der Waals surface area contributed by atoms with Crippen molar-refractivity contribution in [3.8, 4) is 0 Å². The number of aromatic nitrogens is 1. The van der Waals surface area contributed by atoms with E-state index < -0.39 is 0 Å². The Hall–Kier alpha value is -0.610. The predicted molar refractivity (Wildman–Crippen MR) is 80.9 cm³/mol. The van der Waals surface area contributed by atoms with E-state index >= 15 is 0 Å². The molecule has 4 rings (SSSR count). The van der Waals surface area contributed by atoms with Gasteiger partial charge in [0, 0.05) is 22.3 Å². The van der Waals surface area contributed by atoms with Gasteiger partial charge in [-0.2, -0.15) is 4.37 Å². The van der Waals surface area contributed by atoms with Gasteiger partial charge in [0.25, 0.3) is 0 Å². The van der Waals surface area contributed by atoms with Gasteiger partial charge in [0.15, 0.2) is 0 Å². The van der Waals surface area contributed by atoms with Gasteiger partial charge in [0.05, 0.1) is 5.52 Å². The second-order valence-electron chi connectivity index (χ2n) is 5.37. The highest BCUT2D eigenvalue weighted by molar-refractivity contribution is 9.09. The lowest BCUT2D eigenvalue weighted by molar-refractivity contribution is 0.487. The van der Waals surface area contributed by atoms with Crippen molar-refractivity contribution in [1.29, 1.82) is 0 Å². The molecule has 18 heavy (non-hydrogen) atoms. The lowest BCUT2D eigenvalue weighted by Crippen LogP contribution is -2.43. The Kier molecular flexibility index (Phi) is 2.62. The zero-order valence-electron chi connectivity index (χ0n) is 10.1. The molecule has 2 aromatic rings. The van der Waals surface area contributed by atoms with Crippen LogP contribution in [0.5, 0.6) is 0 Å². The summed E-state index contributed by atoms with van der Waals surface area (Å²) in [6.45, 7) is 0. The molecule has 0 spiro atoms. The van der Waals surface area contributed by atoms with Gasteiger partial charge < -0.3 is 4.90 Å². The van der Waals surface area contributed by atoms with E-state index in [1.54, 1.807) is 11.5 Å². The smallest absolute Gasteiger partial charge is 0.120 e. The van der Waals surface area contributed by atoms with Gasteiger partial charge in [-0.3, -0.25) is 0 Å². The number of alkyl halides is 1. The van der Waals surface area contributed by atoms with Crippen molar-refractivity contribution in [2.24, 2.45) is 0 Å². The molecule has 0 radical (unpaired) electrons. The van der Waals surface area contributed by atoms with E-state index in [4.69, 9.17) is 0 Å². The van der Waals surface area contributed by atoms with E-state index in [0.29, 0.717) is 4.83 Å². The minimum Gasteiger partial charge on any atom is -0.356 e. The Morgan fingerprint density at radius 1 is 1.17 bits per heavy atom. The topological polar surface area (TPSA) is 16.1 Å². The van der Waals surface area contributed by atoms with Gasteiger partial charge in [-0.15, -0.1) is 0 Å². The van der Waals surface area contributed by atoms with Crippen LogP contribution < -0.4 is 4.90 Å². The lowest BCUT2D eigenvalue weighted by Gasteiger charge is -2.37. The maximum Gasteiger partial charge on any atom is 0.120 e. The van der Waals surface area contributed by atoms with Crippen molar-refractivity contribution in [2.75, 3.05) is 4.90 Å². The van der Waals surface area contributed by atoms with Crippen LogP contribution in [0, 0.1) is 0 Å². The second-order valence-corrected chi connectivity index (χ2v) is 7.41. The molecule has 2 atom stereocenters. The summed E-state index contributed by atoms with van der Waals surface area (Å²) in [6, 6.07) is 9.97. The average molecular weight is 323 g/mol. The number of hydrogen-bond donors (Lipinski definition) is 0. The Balaban J connectivity index is 1.79. The molecule has 2 unspecified atom stereocenters. The molecule has 2 bridgehead atoms. The molecule has 1 aromatic heterocycles. The molecule has 0 saturated carbocycles. The molecule has 2 saturated heterocycles. The first-order valence-electron chi connectivity index (χ1n) is 6.60. The first-order chi connectivity index (χ1) is 8.83. The molecule has 3 heterocycles. The number of hydrogen-bond acceptors (Lipinski definition) is 3. The number of nitrogens with zero attached hydrogens (tertiary/aromatic N) is 2. The highest BCUT2D eigenvalue weighted by Gasteiger charge is 2.41. The van der Waals surface area contributed by atoms with Gasteiger partial charge in [-0.05, 0) is 49.3 Å². The third-order valence-electron chi connectivity index (χ3n) is 4.27. The number of fused-ring (bicyclic) bond motifs is 3. The summed E-state index contributed by atoms with van der Waals surface area (Å²) in [5.74, 6) is 0. The largest absolute Gasteiger partial charge is 0.356 e. The first kappa shape index (κ1) is 11.2. The fourth-order valence-corrected chi connectivity index (χ4v) is 5.37.